The van der Waals surface area contributed by atoms with Gasteiger partial charge in [0.15, 0.2) is 0 Å². The third-order valence-electron chi connectivity index (χ3n) is 3.39. The van der Waals surface area contributed by atoms with Crippen molar-refractivity contribution >= 4 is 51.1 Å². The summed E-state index contributed by atoms with van der Waals surface area (Å²) >= 11 is 9.21. The van der Waals surface area contributed by atoms with E-state index in [4.69, 9.17) is 11.6 Å². The fourth-order valence-corrected chi connectivity index (χ4v) is 2.74. The number of urea groups is 1. The average molecular weight is 344 g/mol. The van der Waals surface area contributed by atoms with Crippen LogP contribution in [-0.4, -0.2) is 17.8 Å². The van der Waals surface area contributed by atoms with Crippen molar-refractivity contribution in [2.24, 2.45) is 5.41 Å². The smallest absolute Gasteiger partial charge is 0.276 e. The van der Waals surface area contributed by atoms with Gasteiger partial charge in [-0.05, 0) is 40.9 Å². The molecule has 0 radical (unpaired) electrons. The number of hydrogen-bond donors (Lipinski definition) is 1. The van der Waals surface area contributed by atoms with E-state index >= 15 is 0 Å². The summed E-state index contributed by atoms with van der Waals surface area (Å²) in [6.45, 7) is 0. The maximum Gasteiger partial charge on any atom is 0.335 e. The molecule has 1 saturated carbocycles. The van der Waals surface area contributed by atoms with Crippen molar-refractivity contribution in [3.05, 3.63) is 27.7 Å². The molecule has 98 valence electrons. The molecule has 0 aromatic heterocycles. The molecule has 2 fully saturated rings. The molecule has 0 atom stereocenters. The predicted molar refractivity (Wildman–Crippen MR) is 71.8 cm³/mol. The highest BCUT2D eigenvalue weighted by molar-refractivity contribution is 9.10. The molecule has 2 aliphatic rings. The number of anilines is 1. The third-order valence-corrected chi connectivity index (χ3v) is 4.77. The third kappa shape index (κ3) is 1.70. The van der Waals surface area contributed by atoms with Crippen LogP contribution in [0.4, 0.5) is 10.5 Å². The SMILES string of the molecule is O=C1NC(=O)C2(CC2)C(=O)N1c1cccc(Cl)c1Br. The Kier molecular flexibility index (Phi) is 2.69. The van der Waals surface area contributed by atoms with E-state index in [1.165, 1.54) is 0 Å². The van der Waals surface area contributed by atoms with Gasteiger partial charge in [0.1, 0.15) is 5.41 Å². The van der Waals surface area contributed by atoms with Gasteiger partial charge in [-0.15, -0.1) is 0 Å². The number of benzene rings is 1. The summed E-state index contributed by atoms with van der Waals surface area (Å²) in [4.78, 5) is 37.0. The summed E-state index contributed by atoms with van der Waals surface area (Å²) in [7, 11) is 0. The van der Waals surface area contributed by atoms with E-state index in [1.54, 1.807) is 18.2 Å². The second-order valence-corrected chi connectivity index (χ2v) is 5.76. The van der Waals surface area contributed by atoms with Crippen LogP contribution in [0.15, 0.2) is 22.7 Å². The van der Waals surface area contributed by atoms with E-state index < -0.39 is 23.3 Å². The van der Waals surface area contributed by atoms with Crippen LogP contribution in [0, 0.1) is 5.41 Å². The lowest BCUT2D eigenvalue weighted by molar-refractivity contribution is -0.136. The lowest BCUT2D eigenvalue weighted by Crippen LogP contribution is -2.59. The Morgan fingerprint density at radius 2 is 1.95 bits per heavy atom. The fraction of sp³-hybridized carbons (Fsp3) is 0.250. The molecule has 5 nitrogen and oxygen atoms in total. The lowest BCUT2D eigenvalue weighted by atomic mass is 10.0. The number of barbiturate groups is 1. The fourth-order valence-electron chi connectivity index (χ4n) is 2.13. The summed E-state index contributed by atoms with van der Waals surface area (Å²) in [6, 6.07) is 4.13. The van der Waals surface area contributed by atoms with Crippen LogP contribution in [0.3, 0.4) is 0 Å². The van der Waals surface area contributed by atoms with Crippen molar-refractivity contribution < 1.29 is 14.4 Å². The van der Waals surface area contributed by atoms with Crippen molar-refractivity contribution in [3.63, 3.8) is 0 Å². The lowest BCUT2D eigenvalue weighted by Gasteiger charge is -2.30. The first-order valence-electron chi connectivity index (χ1n) is 5.61. The van der Waals surface area contributed by atoms with Gasteiger partial charge >= 0.3 is 6.03 Å². The topological polar surface area (TPSA) is 66.5 Å². The number of imide groups is 2. The van der Waals surface area contributed by atoms with Crippen molar-refractivity contribution in [1.82, 2.24) is 5.32 Å². The molecule has 1 spiro atoms. The standard InChI is InChI=1S/C12H8BrClN2O3/c13-8-6(14)2-1-3-7(8)16-10(18)12(4-5-12)9(17)15-11(16)19/h1-3H,4-5H2,(H,15,17,19). The van der Waals surface area contributed by atoms with Crippen LogP contribution >= 0.6 is 27.5 Å². The summed E-state index contributed by atoms with van der Waals surface area (Å²) in [5.74, 6) is -0.985. The number of hydrogen-bond acceptors (Lipinski definition) is 3. The highest BCUT2D eigenvalue weighted by atomic mass is 79.9. The Morgan fingerprint density at radius 1 is 1.26 bits per heavy atom. The second-order valence-electron chi connectivity index (χ2n) is 4.55. The molecule has 3 rings (SSSR count). The minimum Gasteiger partial charge on any atom is -0.276 e. The first kappa shape index (κ1) is 12.6. The Hall–Kier alpha value is -1.40. The number of carbonyl (C=O) groups excluding carboxylic acids is 3. The number of halogens is 2. The first-order valence-corrected chi connectivity index (χ1v) is 6.78. The van der Waals surface area contributed by atoms with Gasteiger partial charge in [-0.1, -0.05) is 17.7 Å². The molecule has 1 heterocycles. The van der Waals surface area contributed by atoms with Crippen LogP contribution in [0.5, 0.6) is 0 Å². The van der Waals surface area contributed by atoms with Crippen LogP contribution in [0.1, 0.15) is 12.8 Å². The summed E-state index contributed by atoms with van der Waals surface area (Å²) in [5.41, 5.74) is -0.718. The molecule has 4 amide bonds. The number of amides is 4. The maximum absolute atomic E-state index is 12.4. The highest BCUT2D eigenvalue weighted by Gasteiger charge is 2.62. The van der Waals surface area contributed by atoms with Gasteiger partial charge in [0.25, 0.3) is 5.91 Å². The van der Waals surface area contributed by atoms with Crippen molar-refractivity contribution in [1.29, 1.82) is 0 Å². The van der Waals surface area contributed by atoms with E-state index in [-0.39, 0.29) is 0 Å². The van der Waals surface area contributed by atoms with E-state index in [1.807, 2.05) is 0 Å². The number of carbonyl (C=O) groups is 3. The summed E-state index contributed by atoms with van der Waals surface area (Å²) in [5, 5.41) is 2.61. The van der Waals surface area contributed by atoms with Gasteiger partial charge in [0.05, 0.1) is 15.2 Å². The van der Waals surface area contributed by atoms with E-state index in [9.17, 15) is 14.4 Å². The Balaban J connectivity index is 2.09. The number of nitrogens with one attached hydrogen (secondary N) is 1. The molecule has 1 aliphatic heterocycles. The van der Waals surface area contributed by atoms with Crippen LogP contribution in [0.25, 0.3) is 0 Å². The summed E-state index contributed by atoms with van der Waals surface area (Å²) in [6.07, 6.45) is 0.944. The van der Waals surface area contributed by atoms with Crippen LogP contribution in [0.2, 0.25) is 5.02 Å². The molecule has 1 aromatic carbocycles. The van der Waals surface area contributed by atoms with Crippen LogP contribution in [-0.2, 0) is 9.59 Å². The molecule has 0 unspecified atom stereocenters. The molecule has 1 aromatic rings. The van der Waals surface area contributed by atoms with E-state index in [2.05, 4.69) is 21.2 Å². The predicted octanol–water partition coefficient (Wildman–Crippen LogP) is 2.47. The average Bonchev–Trinajstić information content (AvgIpc) is 3.14. The van der Waals surface area contributed by atoms with Gasteiger partial charge in [0.2, 0.25) is 5.91 Å². The monoisotopic (exact) mass is 342 g/mol. The van der Waals surface area contributed by atoms with E-state index in [0.717, 1.165) is 4.90 Å². The minimum atomic E-state index is -1.06. The molecule has 0 bridgehead atoms. The van der Waals surface area contributed by atoms with Gasteiger partial charge in [0, 0.05) is 0 Å². The zero-order valence-corrected chi connectivity index (χ0v) is 11.9. The Bertz CT molecular complexity index is 627. The molecule has 1 N–H and O–H groups in total. The highest BCUT2D eigenvalue weighted by Crippen LogP contribution is 2.50. The quantitative estimate of drug-likeness (QED) is 0.797. The van der Waals surface area contributed by atoms with Gasteiger partial charge < -0.3 is 0 Å². The van der Waals surface area contributed by atoms with Crippen molar-refractivity contribution in [2.75, 3.05) is 4.90 Å². The molecule has 19 heavy (non-hydrogen) atoms. The maximum atomic E-state index is 12.4. The Labute approximate surface area is 122 Å². The van der Waals surface area contributed by atoms with Gasteiger partial charge in [-0.2, -0.15) is 0 Å². The zero-order chi connectivity index (χ0) is 13.8. The molecule has 7 heteroatoms. The summed E-state index contributed by atoms with van der Waals surface area (Å²) < 4.78 is 0.449. The van der Waals surface area contributed by atoms with E-state index in [0.29, 0.717) is 28.0 Å². The molecular weight excluding hydrogens is 335 g/mol. The van der Waals surface area contributed by atoms with Crippen molar-refractivity contribution in [3.8, 4) is 0 Å². The molecule has 1 aliphatic carbocycles. The normalized spacial score (nSPS) is 20.7. The van der Waals surface area contributed by atoms with Gasteiger partial charge in [-0.25, -0.2) is 9.69 Å². The minimum absolute atomic E-state index is 0.341. The second kappa shape index (κ2) is 4.05. The molecular formula is C12H8BrClN2O3. The van der Waals surface area contributed by atoms with Crippen molar-refractivity contribution in [2.45, 2.75) is 12.8 Å². The first-order chi connectivity index (χ1) is 8.97. The number of rotatable bonds is 1. The van der Waals surface area contributed by atoms with Gasteiger partial charge in [-0.3, -0.25) is 14.9 Å². The number of nitrogens with zero attached hydrogens (tertiary/aromatic N) is 1. The van der Waals surface area contributed by atoms with Crippen LogP contribution < -0.4 is 10.2 Å². The largest absolute Gasteiger partial charge is 0.335 e. The molecule has 1 saturated heterocycles. The zero-order valence-electron chi connectivity index (χ0n) is 9.57. The Morgan fingerprint density at radius 3 is 2.58 bits per heavy atom.